The standard InChI is InChI=1S/C29H40F2O/c1-3-32-27-19-18-26(28(30)29(27)31)25-16-10-22(11-17-25)7-6-21-8-14-24(15-9-21)23-12-4-20(2)5-13-23/h6-7,10,16,18-25H,3-5,8-9,11-15,17H2,1-2H3/b7-6+. The predicted molar refractivity (Wildman–Crippen MR) is 128 cm³/mol. The maximum atomic E-state index is 14.5. The first-order chi connectivity index (χ1) is 15.5. The van der Waals surface area contributed by atoms with Crippen LogP contribution in [0, 0.1) is 41.2 Å². The molecule has 2 fully saturated rings. The highest BCUT2D eigenvalue weighted by Gasteiger charge is 2.29. The van der Waals surface area contributed by atoms with E-state index in [-0.39, 0.29) is 11.7 Å². The van der Waals surface area contributed by atoms with Crippen LogP contribution in [0.3, 0.4) is 0 Å². The van der Waals surface area contributed by atoms with Crippen molar-refractivity contribution in [1.29, 1.82) is 0 Å². The third-order valence-corrected chi connectivity index (χ3v) is 8.35. The number of halogens is 2. The van der Waals surface area contributed by atoms with Crippen molar-refractivity contribution in [1.82, 2.24) is 0 Å². The number of ether oxygens (including phenoxy) is 1. The SMILES string of the molecule is CCOc1ccc(C2C=CC(/C=C/C3CCC(C4CCC(C)CC4)CC3)CC2)c(F)c1F. The van der Waals surface area contributed by atoms with Crippen molar-refractivity contribution >= 4 is 0 Å². The van der Waals surface area contributed by atoms with Gasteiger partial charge in [0.05, 0.1) is 6.61 Å². The van der Waals surface area contributed by atoms with Crippen molar-refractivity contribution in [3.8, 4) is 5.75 Å². The van der Waals surface area contributed by atoms with E-state index in [0.717, 1.165) is 36.5 Å². The van der Waals surface area contributed by atoms with Crippen molar-refractivity contribution < 1.29 is 13.5 Å². The van der Waals surface area contributed by atoms with Crippen LogP contribution in [0.1, 0.15) is 89.5 Å². The Labute approximate surface area is 193 Å². The first-order valence-corrected chi connectivity index (χ1v) is 13.0. The summed E-state index contributed by atoms with van der Waals surface area (Å²) in [5, 5.41) is 0. The summed E-state index contributed by atoms with van der Waals surface area (Å²) < 4.78 is 33.9. The van der Waals surface area contributed by atoms with Gasteiger partial charge in [0.2, 0.25) is 5.82 Å². The smallest absolute Gasteiger partial charge is 0.200 e. The third-order valence-electron chi connectivity index (χ3n) is 8.35. The predicted octanol–water partition coefficient (Wildman–Crippen LogP) is 8.60. The van der Waals surface area contributed by atoms with Crippen LogP contribution < -0.4 is 4.74 Å². The van der Waals surface area contributed by atoms with Crippen LogP contribution in [-0.4, -0.2) is 6.61 Å². The van der Waals surface area contributed by atoms with Crippen LogP contribution in [0.5, 0.6) is 5.75 Å². The zero-order valence-corrected chi connectivity index (χ0v) is 19.9. The fraction of sp³-hybridized carbons (Fsp3) is 0.655. The van der Waals surface area contributed by atoms with Crippen molar-refractivity contribution in [3.05, 3.63) is 53.6 Å². The second kappa shape index (κ2) is 11.0. The van der Waals surface area contributed by atoms with E-state index in [4.69, 9.17) is 4.74 Å². The van der Waals surface area contributed by atoms with Gasteiger partial charge in [0.1, 0.15) is 0 Å². The molecule has 0 radical (unpaired) electrons. The lowest BCUT2D eigenvalue weighted by Gasteiger charge is -2.36. The van der Waals surface area contributed by atoms with Gasteiger partial charge in [-0.15, -0.1) is 0 Å². The molecule has 2 unspecified atom stereocenters. The van der Waals surface area contributed by atoms with Crippen LogP contribution in [0.4, 0.5) is 8.78 Å². The molecular weight excluding hydrogens is 402 g/mol. The zero-order valence-electron chi connectivity index (χ0n) is 19.9. The summed E-state index contributed by atoms with van der Waals surface area (Å²) in [4.78, 5) is 0. The molecule has 1 aromatic rings. The average Bonchev–Trinajstić information content (AvgIpc) is 2.82. The van der Waals surface area contributed by atoms with Crippen molar-refractivity contribution in [2.75, 3.05) is 6.61 Å². The molecule has 4 rings (SSSR count). The first-order valence-electron chi connectivity index (χ1n) is 13.0. The van der Waals surface area contributed by atoms with Gasteiger partial charge in [-0.3, -0.25) is 0 Å². The Balaban J connectivity index is 1.27. The second-order valence-corrected chi connectivity index (χ2v) is 10.5. The molecule has 1 nitrogen and oxygen atoms in total. The maximum Gasteiger partial charge on any atom is 0.200 e. The van der Waals surface area contributed by atoms with Crippen LogP contribution in [0.15, 0.2) is 36.4 Å². The molecule has 2 atom stereocenters. The van der Waals surface area contributed by atoms with Gasteiger partial charge >= 0.3 is 0 Å². The van der Waals surface area contributed by atoms with Gasteiger partial charge in [0, 0.05) is 5.92 Å². The molecule has 0 aliphatic heterocycles. The molecule has 0 spiro atoms. The Morgan fingerprint density at radius 3 is 2.12 bits per heavy atom. The van der Waals surface area contributed by atoms with E-state index in [1.807, 2.05) is 0 Å². The van der Waals surface area contributed by atoms with Crippen molar-refractivity contribution in [2.45, 2.75) is 84.0 Å². The Kier molecular flexibility index (Phi) is 8.07. The molecule has 0 bridgehead atoms. The molecule has 1 aromatic carbocycles. The lowest BCUT2D eigenvalue weighted by molar-refractivity contribution is 0.160. The highest BCUT2D eigenvalue weighted by Crippen LogP contribution is 2.42. The summed E-state index contributed by atoms with van der Waals surface area (Å²) >= 11 is 0. The normalized spacial score (nSPS) is 33.5. The first kappa shape index (κ1) is 23.5. The quantitative estimate of drug-likeness (QED) is 0.401. The van der Waals surface area contributed by atoms with E-state index in [9.17, 15) is 8.78 Å². The molecule has 3 aliphatic carbocycles. The Morgan fingerprint density at radius 1 is 0.812 bits per heavy atom. The highest BCUT2D eigenvalue weighted by molar-refractivity contribution is 5.35. The van der Waals surface area contributed by atoms with E-state index in [1.54, 1.807) is 19.1 Å². The number of rotatable bonds is 6. The number of hydrogen-bond donors (Lipinski definition) is 0. The molecule has 3 heteroatoms. The summed E-state index contributed by atoms with van der Waals surface area (Å²) in [6, 6.07) is 3.24. The fourth-order valence-corrected chi connectivity index (χ4v) is 6.23. The molecule has 0 heterocycles. The summed E-state index contributed by atoms with van der Waals surface area (Å²) in [5.41, 5.74) is 0.445. The summed E-state index contributed by atoms with van der Waals surface area (Å²) in [6.45, 7) is 4.51. The summed E-state index contributed by atoms with van der Waals surface area (Å²) in [5.74, 6) is 2.35. The molecule has 0 aromatic heterocycles. The average molecular weight is 443 g/mol. The topological polar surface area (TPSA) is 9.23 Å². The fourth-order valence-electron chi connectivity index (χ4n) is 6.23. The lowest BCUT2D eigenvalue weighted by atomic mass is 9.69. The van der Waals surface area contributed by atoms with Gasteiger partial charge in [-0.25, -0.2) is 4.39 Å². The van der Waals surface area contributed by atoms with Gasteiger partial charge in [-0.2, -0.15) is 4.39 Å². The minimum Gasteiger partial charge on any atom is -0.491 e. The van der Waals surface area contributed by atoms with Crippen LogP contribution in [0.25, 0.3) is 0 Å². The van der Waals surface area contributed by atoms with E-state index in [1.165, 1.54) is 51.4 Å². The van der Waals surface area contributed by atoms with E-state index < -0.39 is 11.6 Å². The maximum absolute atomic E-state index is 14.5. The van der Waals surface area contributed by atoms with Crippen molar-refractivity contribution in [3.63, 3.8) is 0 Å². The van der Waals surface area contributed by atoms with E-state index >= 15 is 0 Å². The monoisotopic (exact) mass is 442 g/mol. The number of hydrogen-bond acceptors (Lipinski definition) is 1. The Hall–Kier alpha value is -1.64. The molecule has 2 saturated carbocycles. The van der Waals surface area contributed by atoms with Crippen LogP contribution in [-0.2, 0) is 0 Å². The molecule has 0 saturated heterocycles. The molecule has 176 valence electrons. The molecule has 32 heavy (non-hydrogen) atoms. The third kappa shape index (κ3) is 5.64. The number of benzene rings is 1. The van der Waals surface area contributed by atoms with Gasteiger partial charge in [-0.05, 0) is 99.5 Å². The summed E-state index contributed by atoms with van der Waals surface area (Å²) in [6.07, 6.45) is 22.2. The van der Waals surface area contributed by atoms with Crippen LogP contribution in [0.2, 0.25) is 0 Å². The molecule has 3 aliphatic rings. The van der Waals surface area contributed by atoms with E-state index in [2.05, 4.69) is 31.2 Å². The summed E-state index contributed by atoms with van der Waals surface area (Å²) in [7, 11) is 0. The lowest BCUT2D eigenvalue weighted by Crippen LogP contribution is -2.24. The Morgan fingerprint density at radius 2 is 1.50 bits per heavy atom. The number of allylic oxidation sites excluding steroid dienone is 4. The van der Waals surface area contributed by atoms with Gasteiger partial charge < -0.3 is 4.74 Å². The molecule has 0 N–H and O–H groups in total. The second-order valence-electron chi connectivity index (χ2n) is 10.5. The Bertz CT molecular complexity index is 798. The van der Waals surface area contributed by atoms with Crippen LogP contribution >= 0.6 is 0 Å². The zero-order chi connectivity index (χ0) is 22.5. The minimum absolute atomic E-state index is 0.00196. The van der Waals surface area contributed by atoms with E-state index in [0.29, 0.717) is 18.1 Å². The van der Waals surface area contributed by atoms with Gasteiger partial charge in [0.25, 0.3) is 0 Å². The van der Waals surface area contributed by atoms with Crippen molar-refractivity contribution in [2.24, 2.45) is 29.6 Å². The highest BCUT2D eigenvalue weighted by atomic mass is 19.2. The molecular formula is C29H40F2O. The van der Waals surface area contributed by atoms with Gasteiger partial charge in [-0.1, -0.05) is 50.1 Å². The minimum atomic E-state index is -0.863. The van der Waals surface area contributed by atoms with Gasteiger partial charge in [0.15, 0.2) is 11.6 Å². The molecule has 0 amide bonds. The largest absolute Gasteiger partial charge is 0.491 e.